The normalized spacial score (nSPS) is 16.2. The highest BCUT2D eigenvalue weighted by molar-refractivity contribution is 5.85. The molecule has 5 heteroatoms. The van der Waals surface area contributed by atoms with Gasteiger partial charge in [-0.1, -0.05) is 43.2 Å². The van der Waals surface area contributed by atoms with Gasteiger partial charge in [0.1, 0.15) is 0 Å². The minimum atomic E-state index is -0.867. The van der Waals surface area contributed by atoms with E-state index in [2.05, 4.69) is 10.6 Å². The molecule has 0 bridgehead atoms. The van der Waals surface area contributed by atoms with Crippen LogP contribution in [-0.2, 0) is 16.0 Å². The van der Waals surface area contributed by atoms with E-state index in [-0.39, 0.29) is 24.8 Å². The molecular formula is C17H24N2O3. The fourth-order valence-electron chi connectivity index (χ4n) is 2.80. The topological polar surface area (TPSA) is 78.4 Å². The molecule has 0 aliphatic heterocycles. The standard InChI is InChI=1S/C17H24N2O3/c20-15(12-17(22)9-4-5-10-17)19-13-16(21)18-11-8-14-6-2-1-3-7-14/h1-3,6-7,22H,4-5,8-13H2,(H,18,21)(H,19,20). The van der Waals surface area contributed by atoms with Crippen molar-refractivity contribution in [2.24, 2.45) is 0 Å². The van der Waals surface area contributed by atoms with Crippen molar-refractivity contribution in [2.45, 2.75) is 44.1 Å². The van der Waals surface area contributed by atoms with Crippen LogP contribution in [0.2, 0.25) is 0 Å². The van der Waals surface area contributed by atoms with E-state index < -0.39 is 5.60 Å². The van der Waals surface area contributed by atoms with Crippen molar-refractivity contribution < 1.29 is 14.7 Å². The third-order valence-corrected chi connectivity index (χ3v) is 4.05. The summed E-state index contributed by atoms with van der Waals surface area (Å²) in [5.41, 5.74) is 0.295. The summed E-state index contributed by atoms with van der Waals surface area (Å²) in [4.78, 5) is 23.4. The summed E-state index contributed by atoms with van der Waals surface area (Å²) in [6, 6.07) is 9.90. The Hall–Kier alpha value is -1.88. The number of hydrogen-bond donors (Lipinski definition) is 3. The van der Waals surface area contributed by atoms with Crippen molar-refractivity contribution in [1.82, 2.24) is 10.6 Å². The van der Waals surface area contributed by atoms with Crippen LogP contribution < -0.4 is 10.6 Å². The summed E-state index contributed by atoms with van der Waals surface area (Å²) in [6.07, 6.45) is 4.12. The van der Waals surface area contributed by atoms with Crippen molar-refractivity contribution in [3.8, 4) is 0 Å². The number of nitrogens with one attached hydrogen (secondary N) is 2. The quantitative estimate of drug-likeness (QED) is 0.707. The Morgan fingerprint density at radius 1 is 1.05 bits per heavy atom. The second kappa shape index (κ2) is 7.94. The van der Waals surface area contributed by atoms with Gasteiger partial charge in [0.05, 0.1) is 18.6 Å². The lowest BCUT2D eigenvalue weighted by molar-refractivity contribution is -0.129. The highest BCUT2D eigenvalue weighted by atomic mass is 16.3. The first-order chi connectivity index (χ1) is 10.6. The molecule has 1 aliphatic carbocycles. The Balaban J connectivity index is 1.60. The summed E-state index contributed by atoms with van der Waals surface area (Å²) < 4.78 is 0. The molecule has 2 amide bonds. The summed E-state index contributed by atoms with van der Waals surface area (Å²) >= 11 is 0. The van der Waals surface area contributed by atoms with Crippen LogP contribution in [0, 0.1) is 0 Å². The molecule has 0 radical (unpaired) electrons. The monoisotopic (exact) mass is 304 g/mol. The Kier molecular flexibility index (Phi) is 5.95. The van der Waals surface area contributed by atoms with Crippen molar-refractivity contribution in [3.63, 3.8) is 0 Å². The maximum atomic E-state index is 11.8. The van der Waals surface area contributed by atoms with Crippen LogP contribution in [0.15, 0.2) is 30.3 Å². The van der Waals surface area contributed by atoms with Gasteiger partial charge >= 0.3 is 0 Å². The van der Waals surface area contributed by atoms with E-state index in [0.29, 0.717) is 19.4 Å². The third-order valence-electron chi connectivity index (χ3n) is 4.05. The molecule has 0 heterocycles. The van der Waals surface area contributed by atoms with Gasteiger partial charge in [-0.2, -0.15) is 0 Å². The van der Waals surface area contributed by atoms with Crippen LogP contribution in [0.3, 0.4) is 0 Å². The molecule has 2 rings (SSSR count). The fraction of sp³-hybridized carbons (Fsp3) is 0.529. The number of carbonyl (C=O) groups is 2. The second-order valence-electron chi connectivity index (χ2n) is 5.97. The summed E-state index contributed by atoms with van der Waals surface area (Å²) in [5.74, 6) is -0.467. The van der Waals surface area contributed by atoms with E-state index in [1.807, 2.05) is 30.3 Å². The lowest BCUT2D eigenvalue weighted by atomic mass is 9.98. The van der Waals surface area contributed by atoms with Gasteiger partial charge in [0.15, 0.2) is 0 Å². The first-order valence-corrected chi connectivity index (χ1v) is 7.87. The molecule has 1 aromatic rings. The van der Waals surface area contributed by atoms with Crippen molar-refractivity contribution in [3.05, 3.63) is 35.9 Å². The summed E-state index contributed by atoms with van der Waals surface area (Å²) in [7, 11) is 0. The molecular weight excluding hydrogens is 280 g/mol. The van der Waals surface area contributed by atoms with Gasteiger partial charge in [-0.05, 0) is 24.8 Å². The number of benzene rings is 1. The minimum Gasteiger partial charge on any atom is -0.389 e. The van der Waals surface area contributed by atoms with E-state index in [1.165, 1.54) is 0 Å². The lowest BCUT2D eigenvalue weighted by Gasteiger charge is -2.20. The van der Waals surface area contributed by atoms with E-state index in [1.54, 1.807) is 0 Å². The van der Waals surface area contributed by atoms with Crippen LogP contribution in [0.1, 0.15) is 37.7 Å². The van der Waals surface area contributed by atoms with E-state index >= 15 is 0 Å². The maximum absolute atomic E-state index is 11.8. The summed E-state index contributed by atoms with van der Waals surface area (Å²) in [5, 5.41) is 15.5. The van der Waals surface area contributed by atoms with Crippen molar-refractivity contribution >= 4 is 11.8 Å². The Labute approximate surface area is 131 Å². The molecule has 3 N–H and O–H groups in total. The van der Waals surface area contributed by atoms with Crippen LogP contribution in [-0.4, -0.2) is 35.6 Å². The maximum Gasteiger partial charge on any atom is 0.239 e. The zero-order valence-electron chi connectivity index (χ0n) is 12.8. The highest BCUT2D eigenvalue weighted by Gasteiger charge is 2.33. The first kappa shape index (κ1) is 16.5. The van der Waals surface area contributed by atoms with Crippen molar-refractivity contribution in [1.29, 1.82) is 0 Å². The SMILES string of the molecule is O=C(CNC(=O)CC1(O)CCCC1)NCCc1ccccc1. The molecule has 1 saturated carbocycles. The smallest absolute Gasteiger partial charge is 0.239 e. The molecule has 0 atom stereocenters. The van der Waals surface area contributed by atoms with Gasteiger partial charge in [0.25, 0.3) is 0 Å². The molecule has 1 aliphatic rings. The predicted molar refractivity (Wildman–Crippen MR) is 84.2 cm³/mol. The molecule has 120 valence electrons. The number of hydrogen-bond acceptors (Lipinski definition) is 3. The average molecular weight is 304 g/mol. The van der Waals surface area contributed by atoms with Crippen LogP contribution >= 0.6 is 0 Å². The fourth-order valence-corrected chi connectivity index (χ4v) is 2.80. The molecule has 0 aromatic heterocycles. The Morgan fingerprint density at radius 2 is 1.73 bits per heavy atom. The van der Waals surface area contributed by atoms with Gasteiger partial charge in [0.2, 0.25) is 11.8 Å². The molecule has 1 fully saturated rings. The van der Waals surface area contributed by atoms with Gasteiger partial charge in [-0.3, -0.25) is 9.59 Å². The number of carbonyl (C=O) groups excluding carboxylic acids is 2. The molecule has 5 nitrogen and oxygen atoms in total. The zero-order chi connectivity index (χ0) is 15.8. The van der Waals surface area contributed by atoms with E-state index in [9.17, 15) is 14.7 Å². The Bertz CT molecular complexity index is 496. The van der Waals surface area contributed by atoms with Gasteiger partial charge in [-0.15, -0.1) is 0 Å². The number of amides is 2. The second-order valence-corrected chi connectivity index (χ2v) is 5.97. The summed E-state index contributed by atoms with van der Waals surface area (Å²) in [6.45, 7) is 0.506. The number of rotatable bonds is 7. The molecule has 0 spiro atoms. The van der Waals surface area contributed by atoms with Gasteiger partial charge < -0.3 is 15.7 Å². The van der Waals surface area contributed by atoms with Crippen molar-refractivity contribution in [2.75, 3.05) is 13.1 Å². The van der Waals surface area contributed by atoms with E-state index in [0.717, 1.165) is 24.8 Å². The molecule has 22 heavy (non-hydrogen) atoms. The van der Waals surface area contributed by atoms with E-state index in [4.69, 9.17) is 0 Å². The average Bonchev–Trinajstić information content (AvgIpc) is 2.92. The molecule has 0 saturated heterocycles. The zero-order valence-corrected chi connectivity index (χ0v) is 12.8. The van der Waals surface area contributed by atoms with Crippen LogP contribution in [0.25, 0.3) is 0 Å². The van der Waals surface area contributed by atoms with Gasteiger partial charge in [0, 0.05) is 6.54 Å². The van der Waals surface area contributed by atoms with Crippen LogP contribution in [0.4, 0.5) is 0 Å². The predicted octanol–water partition coefficient (Wildman–Crippen LogP) is 1.16. The van der Waals surface area contributed by atoms with Gasteiger partial charge in [-0.25, -0.2) is 0 Å². The lowest BCUT2D eigenvalue weighted by Crippen LogP contribution is -2.40. The first-order valence-electron chi connectivity index (χ1n) is 7.87. The third kappa shape index (κ3) is 5.48. The Morgan fingerprint density at radius 3 is 2.41 bits per heavy atom. The number of aliphatic hydroxyl groups is 1. The minimum absolute atomic E-state index is 0.0380. The van der Waals surface area contributed by atoms with Crippen LogP contribution in [0.5, 0.6) is 0 Å². The highest BCUT2D eigenvalue weighted by Crippen LogP contribution is 2.32. The molecule has 0 unspecified atom stereocenters. The molecule has 1 aromatic carbocycles. The largest absolute Gasteiger partial charge is 0.389 e.